The van der Waals surface area contributed by atoms with Crippen LogP contribution < -0.4 is 10.1 Å². The van der Waals surface area contributed by atoms with Gasteiger partial charge >= 0.3 is 0 Å². The van der Waals surface area contributed by atoms with Gasteiger partial charge in [0, 0.05) is 6.54 Å². The van der Waals surface area contributed by atoms with E-state index >= 15 is 0 Å². The summed E-state index contributed by atoms with van der Waals surface area (Å²) < 4.78 is 5.43. The van der Waals surface area contributed by atoms with Gasteiger partial charge in [0.2, 0.25) is 0 Å². The molecule has 1 aliphatic rings. The van der Waals surface area contributed by atoms with E-state index in [1.165, 1.54) is 0 Å². The first kappa shape index (κ1) is 13.4. The lowest BCUT2D eigenvalue weighted by Gasteiger charge is -2.35. The minimum Gasteiger partial charge on any atom is -0.496 e. The Morgan fingerprint density at radius 2 is 2.00 bits per heavy atom. The molecule has 1 saturated heterocycles. The second-order valence-electron chi connectivity index (χ2n) is 5.34. The van der Waals surface area contributed by atoms with Crippen LogP contribution in [0.4, 0.5) is 0 Å². The fraction of sp³-hybridized carbons (Fsp3) is 0.600. The summed E-state index contributed by atoms with van der Waals surface area (Å²) in [6, 6.07) is 2.08. The highest BCUT2D eigenvalue weighted by Crippen LogP contribution is 2.36. The van der Waals surface area contributed by atoms with Crippen molar-refractivity contribution in [3.63, 3.8) is 0 Å². The van der Waals surface area contributed by atoms with Crippen LogP contribution in [0, 0.1) is 20.8 Å². The van der Waals surface area contributed by atoms with E-state index in [1.54, 1.807) is 7.11 Å². The number of aliphatic hydroxyl groups is 1. The third kappa shape index (κ3) is 2.13. The lowest BCUT2D eigenvalue weighted by molar-refractivity contribution is 0.0116. The highest BCUT2D eigenvalue weighted by atomic mass is 16.5. The van der Waals surface area contributed by atoms with Crippen molar-refractivity contribution < 1.29 is 9.84 Å². The second kappa shape index (κ2) is 4.90. The Morgan fingerprint density at radius 3 is 2.56 bits per heavy atom. The number of methoxy groups -OCH3 is 1. The fourth-order valence-corrected chi connectivity index (χ4v) is 2.98. The van der Waals surface area contributed by atoms with Gasteiger partial charge in [-0.25, -0.2) is 0 Å². The van der Waals surface area contributed by atoms with Gasteiger partial charge in [0.25, 0.3) is 0 Å². The molecule has 1 aliphatic heterocycles. The zero-order chi connectivity index (χ0) is 13.3. The summed E-state index contributed by atoms with van der Waals surface area (Å²) in [5, 5.41) is 14.1. The maximum absolute atomic E-state index is 10.8. The van der Waals surface area contributed by atoms with Crippen LogP contribution in [-0.2, 0) is 5.60 Å². The third-order valence-corrected chi connectivity index (χ3v) is 4.09. The van der Waals surface area contributed by atoms with Crippen LogP contribution >= 0.6 is 0 Å². The molecule has 3 nitrogen and oxygen atoms in total. The molecule has 0 radical (unpaired) electrons. The monoisotopic (exact) mass is 249 g/mol. The zero-order valence-electron chi connectivity index (χ0n) is 11.8. The molecule has 2 N–H and O–H groups in total. The molecule has 0 spiro atoms. The van der Waals surface area contributed by atoms with E-state index in [2.05, 4.69) is 25.2 Å². The fourth-order valence-electron chi connectivity index (χ4n) is 2.98. The molecule has 1 fully saturated rings. The van der Waals surface area contributed by atoms with E-state index in [1.807, 2.05) is 6.92 Å². The van der Waals surface area contributed by atoms with E-state index in [9.17, 15) is 5.11 Å². The zero-order valence-corrected chi connectivity index (χ0v) is 11.8. The first-order valence-electron chi connectivity index (χ1n) is 6.58. The average Bonchev–Trinajstić information content (AvgIpc) is 2.35. The van der Waals surface area contributed by atoms with Gasteiger partial charge < -0.3 is 15.2 Å². The van der Waals surface area contributed by atoms with Crippen LogP contribution in [0.15, 0.2) is 6.07 Å². The second-order valence-corrected chi connectivity index (χ2v) is 5.34. The molecule has 1 aromatic carbocycles. The SMILES string of the molecule is COc1c(C)cc(C2(O)CCCNC2)c(C)c1C. The normalized spacial score (nSPS) is 24.1. The average molecular weight is 249 g/mol. The molecule has 2 rings (SSSR count). The van der Waals surface area contributed by atoms with Gasteiger partial charge in [-0.1, -0.05) is 0 Å². The molecular weight excluding hydrogens is 226 g/mol. The Labute approximate surface area is 109 Å². The molecule has 1 aromatic rings. The van der Waals surface area contributed by atoms with E-state index in [0.29, 0.717) is 6.54 Å². The molecule has 1 atom stereocenters. The van der Waals surface area contributed by atoms with E-state index in [-0.39, 0.29) is 0 Å². The predicted octanol–water partition coefficient (Wildman–Crippen LogP) is 2.19. The smallest absolute Gasteiger partial charge is 0.124 e. The quantitative estimate of drug-likeness (QED) is 0.844. The minimum atomic E-state index is -0.732. The van der Waals surface area contributed by atoms with Crippen molar-refractivity contribution in [2.75, 3.05) is 20.2 Å². The van der Waals surface area contributed by atoms with Crippen molar-refractivity contribution in [1.82, 2.24) is 5.32 Å². The summed E-state index contributed by atoms with van der Waals surface area (Å²) in [5.74, 6) is 0.934. The third-order valence-electron chi connectivity index (χ3n) is 4.09. The van der Waals surface area contributed by atoms with Crippen molar-refractivity contribution in [1.29, 1.82) is 0 Å². The van der Waals surface area contributed by atoms with E-state index < -0.39 is 5.60 Å². The maximum atomic E-state index is 10.8. The van der Waals surface area contributed by atoms with Crippen LogP contribution in [0.1, 0.15) is 35.1 Å². The van der Waals surface area contributed by atoms with E-state index in [0.717, 1.165) is 47.4 Å². The highest BCUT2D eigenvalue weighted by molar-refractivity contribution is 5.51. The van der Waals surface area contributed by atoms with Gasteiger partial charge in [0.05, 0.1) is 7.11 Å². The number of piperidine rings is 1. The van der Waals surface area contributed by atoms with Crippen molar-refractivity contribution >= 4 is 0 Å². The molecule has 100 valence electrons. The van der Waals surface area contributed by atoms with Crippen LogP contribution in [0.3, 0.4) is 0 Å². The van der Waals surface area contributed by atoms with Gasteiger partial charge in [0.15, 0.2) is 0 Å². The summed E-state index contributed by atoms with van der Waals surface area (Å²) in [4.78, 5) is 0. The Morgan fingerprint density at radius 1 is 1.28 bits per heavy atom. The Balaban J connectivity index is 2.51. The van der Waals surface area contributed by atoms with Crippen LogP contribution in [0.25, 0.3) is 0 Å². The van der Waals surface area contributed by atoms with E-state index in [4.69, 9.17) is 4.74 Å². The molecule has 1 unspecified atom stereocenters. The van der Waals surface area contributed by atoms with Crippen molar-refractivity contribution in [3.05, 3.63) is 28.3 Å². The summed E-state index contributed by atoms with van der Waals surface area (Å²) in [6.07, 6.45) is 1.84. The van der Waals surface area contributed by atoms with Gasteiger partial charge in [-0.2, -0.15) is 0 Å². The number of rotatable bonds is 2. The first-order valence-corrected chi connectivity index (χ1v) is 6.58. The van der Waals surface area contributed by atoms with Crippen LogP contribution in [-0.4, -0.2) is 25.3 Å². The summed E-state index contributed by atoms with van der Waals surface area (Å²) in [6.45, 7) is 7.80. The summed E-state index contributed by atoms with van der Waals surface area (Å²) >= 11 is 0. The molecule has 0 aromatic heterocycles. The lowest BCUT2D eigenvalue weighted by atomic mass is 9.82. The molecule has 18 heavy (non-hydrogen) atoms. The first-order chi connectivity index (χ1) is 8.49. The lowest BCUT2D eigenvalue weighted by Crippen LogP contribution is -2.43. The largest absolute Gasteiger partial charge is 0.496 e. The van der Waals surface area contributed by atoms with Gasteiger partial charge in [-0.3, -0.25) is 0 Å². The molecular formula is C15H23NO2. The molecule has 0 bridgehead atoms. The Kier molecular flexibility index (Phi) is 3.64. The van der Waals surface area contributed by atoms with Crippen molar-refractivity contribution in [2.24, 2.45) is 0 Å². The van der Waals surface area contributed by atoms with Crippen LogP contribution in [0.5, 0.6) is 5.75 Å². The van der Waals surface area contributed by atoms with Gasteiger partial charge in [-0.15, -0.1) is 0 Å². The highest BCUT2D eigenvalue weighted by Gasteiger charge is 2.33. The minimum absolute atomic E-state index is 0.638. The van der Waals surface area contributed by atoms with Gasteiger partial charge in [-0.05, 0) is 68.5 Å². The Bertz CT molecular complexity index is 448. The Hall–Kier alpha value is -1.06. The summed E-state index contributed by atoms with van der Waals surface area (Å²) in [7, 11) is 1.70. The number of benzene rings is 1. The molecule has 0 saturated carbocycles. The number of aryl methyl sites for hydroxylation is 1. The maximum Gasteiger partial charge on any atom is 0.124 e. The number of nitrogens with one attached hydrogen (secondary N) is 1. The number of hydrogen-bond acceptors (Lipinski definition) is 3. The standard InChI is InChI=1S/C15H23NO2/c1-10-8-13(11(2)12(3)14(10)18-4)15(17)6-5-7-16-9-15/h8,16-17H,5-7,9H2,1-4H3. The van der Waals surface area contributed by atoms with Gasteiger partial charge in [0.1, 0.15) is 11.4 Å². The molecule has 0 aliphatic carbocycles. The predicted molar refractivity (Wildman–Crippen MR) is 73.2 cm³/mol. The molecule has 3 heteroatoms. The summed E-state index contributed by atoms with van der Waals surface area (Å²) in [5.41, 5.74) is 3.68. The number of ether oxygens (including phenoxy) is 1. The number of hydrogen-bond donors (Lipinski definition) is 2. The number of β-amino-alcohol motifs (C(OH)–C–C–N with tert-alkyl or cyclic N) is 1. The topological polar surface area (TPSA) is 41.5 Å². The molecule has 1 heterocycles. The van der Waals surface area contributed by atoms with Crippen molar-refractivity contribution in [3.8, 4) is 5.75 Å². The van der Waals surface area contributed by atoms with Crippen LogP contribution in [0.2, 0.25) is 0 Å². The molecule has 0 amide bonds. The van der Waals surface area contributed by atoms with Crippen molar-refractivity contribution in [2.45, 2.75) is 39.2 Å².